The van der Waals surface area contributed by atoms with E-state index in [1.165, 1.54) is 37.3 Å². The van der Waals surface area contributed by atoms with Crippen LogP contribution in [0.5, 0.6) is 0 Å². The standard InChI is InChI=1S/C13H13N3/c1-2-10-8-11-12(15-13(10)14-5-1)9-3-6-16(11)7-4-9/h1-2,5,8-9H,3-4,6-7H2. The summed E-state index contributed by atoms with van der Waals surface area (Å²) in [5, 5.41) is 1.16. The van der Waals surface area contributed by atoms with Crippen LogP contribution >= 0.6 is 0 Å². The lowest BCUT2D eigenvalue weighted by Gasteiger charge is -2.41. The van der Waals surface area contributed by atoms with Crippen molar-refractivity contribution in [3.63, 3.8) is 0 Å². The van der Waals surface area contributed by atoms with E-state index in [4.69, 9.17) is 4.98 Å². The number of piperidine rings is 1. The SMILES string of the molecule is c1cnc2nc3c(cc2c1)N1CCC3CC1. The zero-order chi connectivity index (χ0) is 10.5. The van der Waals surface area contributed by atoms with Crippen LogP contribution in [0.1, 0.15) is 24.5 Å². The third kappa shape index (κ3) is 1.03. The Morgan fingerprint density at radius 2 is 2.12 bits per heavy atom. The second kappa shape index (κ2) is 2.94. The number of nitrogens with zero attached hydrogens (tertiary/aromatic N) is 3. The van der Waals surface area contributed by atoms with Gasteiger partial charge in [0.15, 0.2) is 5.65 Å². The highest BCUT2D eigenvalue weighted by molar-refractivity contribution is 5.80. The Morgan fingerprint density at radius 1 is 1.25 bits per heavy atom. The highest BCUT2D eigenvalue weighted by Crippen LogP contribution is 2.41. The summed E-state index contributed by atoms with van der Waals surface area (Å²) in [6, 6.07) is 6.34. The third-order valence-electron chi connectivity index (χ3n) is 3.82. The van der Waals surface area contributed by atoms with Crippen LogP contribution in [0.25, 0.3) is 11.0 Å². The topological polar surface area (TPSA) is 29.0 Å². The first-order valence-corrected chi connectivity index (χ1v) is 5.92. The molecule has 2 bridgehead atoms. The van der Waals surface area contributed by atoms with Crippen LogP contribution in [0.15, 0.2) is 24.4 Å². The Balaban J connectivity index is 2.03. The molecule has 1 fully saturated rings. The Morgan fingerprint density at radius 3 is 3.00 bits per heavy atom. The van der Waals surface area contributed by atoms with Gasteiger partial charge in [-0.15, -0.1) is 0 Å². The zero-order valence-corrected chi connectivity index (χ0v) is 9.06. The molecule has 0 aromatic carbocycles. The van der Waals surface area contributed by atoms with Crippen molar-refractivity contribution in [1.82, 2.24) is 9.97 Å². The van der Waals surface area contributed by atoms with Gasteiger partial charge >= 0.3 is 0 Å². The van der Waals surface area contributed by atoms with Crippen LogP contribution in [-0.2, 0) is 0 Å². The zero-order valence-electron chi connectivity index (χ0n) is 9.06. The molecular weight excluding hydrogens is 198 g/mol. The van der Waals surface area contributed by atoms with E-state index in [9.17, 15) is 0 Å². The average molecular weight is 211 g/mol. The van der Waals surface area contributed by atoms with Gasteiger partial charge in [0.25, 0.3) is 0 Å². The predicted octanol–water partition coefficient (Wildman–Crippen LogP) is 2.33. The Hall–Kier alpha value is -1.64. The fourth-order valence-electron chi connectivity index (χ4n) is 2.96. The van der Waals surface area contributed by atoms with E-state index >= 15 is 0 Å². The minimum Gasteiger partial charge on any atom is -0.370 e. The Labute approximate surface area is 94.1 Å². The molecule has 0 N–H and O–H groups in total. The molecule has 3 heteroatoms. The van der Waals surface area contributed by atoms with Crippen molar-refractivity contribution >= 4 is 16.7 Å². The second-order valence-electron chi connectivity index (χ2n) is 4.70. The fraction of sp³-hybridized carbons (Fsp3) is 0.385. The van der Waals surface area contributed by atoms with E-state index in [2.05, 4.69) is 22.0 Å². The minimum atomic E-state index is 0.673. The number of hydrogen-bond donors (Lipinski definition) is 0. The van der Waals surface area contributed by atoms with Crippen molar-refractivity contribution in [2.24, 2.45) is 0 Å². The van der Waals surface area contributed by atoms with Crippen LogP contribution in [-0.4, -0.2) is 23.1 Å². The maximum atomic E-state index is 4.75. The molecular formula is C13H13N3. The fourth-order valence-corrected chi connectivity index (χ4v) is 2.96. The summed E-state index contributed by atoms with van der Waals surface area (Å²) in [6.07, 6.45) is 4.35. The Bertz CT molecular complexity index is 506. The lowest BCUT2D eigenvalue weighted by molar-refractivity contribution is 0.465. The number of pyridine rings is 2. The molecule has 3 aliphatic heterocycles. The van der Waals surface area contributed by atoms with E-state index < -0.39 is 0 Å². The van der Waals surface area contributed by atoms with E-state index in [-0.39, 0.29) is 0 Å². The van der Waals surface area contributed by atoms with Gasteiger partial charge in [0, 0.05) is 30.6 Å². The van der Waals surface area contributed by atoms with Gasteiger partial charge in [-0.1, -0.05) is 0 Å². The summed E-state index contributed by atoms with van der Waals surface area (Å²) in [4.78, 5) is 11.6. The first kappa shape index (κ1) is 8.50. The molecule has 0 unspecified atom stereocenters. The largest absolute Gasteiger partial charge is 0.370 e. The average Bonchev–Trinajstić information content (AvgIpc) is 2.38. The van der Waals surface area contributed by atoms with Gasteiger partial charge in [-0.05, 0) is 31.0 Å². The van der Waals surface area contributed by atoms with Crippen molar-refractivity contribution in [2.75, 3.05) is 18.0 Å². The van der Waals surface area contributed by atoms with Gasteiger partial charge in [-0.25, -0.2) is 9.97 Å². The summed E-state index contributed by atoms with van der Waals surface area (Å²) in [5.74, 6) is 0.673. The monoisotopic (exact) mass is 211 g/mol. The first-order chi connectivity index (χ1) is 7.92. The molecule has 5 heterocycles. The van der Waals surface area contributed by atoms with Crippen LogP contribution in [0.3, 0.4) is 0 Å². The molecule has 0 saturated carbocycles. The van der Waals surface area contributed by atoms with E-state index in [0.717, 1.165) is 11.0 Å². The summed E-state index contributed by atoms with van der Waals surface area (Å²) in [6.45, 7) is 2.40. The van der Waals surface area contributed by atoms with Crippen molar-refractivity contribution in [1.29, 1.82) is 0 Å². The summed E-state index contributed by atoms with van der Waals surface area (Å²) < 4.78 is 0. The van der Waals surface area contributed by atoms with Gasteiger partial charge in [0.2, 0.25) is 0 Å². The number of aromatic nitrogens is 2. The summed E-state index contributed by atoms with van der Waals surface area (Å²) in [5.41, 5.74) is 3.53. The molecule has 1 saturated heterocycles. The van der Waals surface area contributed by atoms with Crippen molar-refractivity contribution in [2.45, 2.75) is 18.8 Å². The van der Waals surface area contributed by atoms with Crippen molar-refractivity contribution in [3.8, 4) is 0 Å². The van der Waals surface area contributed by atoms with E-state index in [1.807, 2.05) is 12.3 Å². The first-order valence-electron chi connectivity index (χ1n) is 5.92. The van der Waals surface area contributed by atoms with E-state index in [1.54, 1.807) is 0 Å². The normalized spacial score (nSPS) is 19.1. The molecule has 0 radical (unpaired) electrons. The molecule has 80 valence electrons. The predicted molar refractivity (Wildman–Crippen MR) is 63.7 cm³/mol. The molecule has 2 aromatic heterocycles. The molecule has 3 aliphatic rings. The van der Waals surface area contributed by atoms with Gasteiger partial charge < -0.3 is 4.90 Å². The number of anilines is 1. The van der Waals surface area contributed by atoms with Gasteiger partial charge in [0.05, 0.1) is 11.4 Å². The van der Waals surface area contributed by atoms with Crippen LogP contribution < -0.4 is 4.90 Å². The molecule has 5 rings (SSSR count). The maximum absolute atomic E-state index is 4.75. The number of hydrogen-bond acceptors (Lipinski definition) is 3. The van der Waals surface area contributed by atoms with Gasteiger partial charge in [0.1, 0.15) is 0 Å². The Kier molecular flexibility index (Phi) is 1.56. The lowest BCUT2D eigenvalue weighted by Crippen LogP contribution is -2.39. The lowest BCUT2D eigenvalue weighted by atomic mass is 9.86. The molecule has 3 nitrogen and oxygen atoms in total. The van der Waals surface area contributed by atoms with Gasteiger partial charge in [-0.3, -0.25) is 0 Å². The summed E-state index contributed by atoms with van der Waals surface area (Å²) >= 11 is 0. The minimum absolute atomic E-state index is 0.673. The van der Waals surface area contributed by atoms with Crippen molar-refractivity contribution < 1.29 is 0 Å². The summed E-state index contributed by atoms with van der Waals surface area (Å²) in [7, 11) is 0. The quantitative estimate of drug-likeness (QED) is 0.669. The van der Waals surface area contributed by atoms with E-state index in [0.29, 0.717) is 5.92 Å². The van der Waals surface area contributed by atoms with Crippen LogP contribution in [0.4, 0.5) is 5.69 Å². The molecule has 0 amide bonds. The highest BCUT2D eigenvalue weighted by atomic mass is 15.2. The smallest absolute Gasteiger partial charge is 0.159 e. The van der Waals surface area contributed by atoms with Crippen LogP contribution in [0.2, 0.25) is 0 Å². The third-order valence-corrected chi connectivity index (χ3v) is 3.82. The number of rotatable bonds is 0. The van der Waals surface area contributed by atoms with Gasteiger partial charge in [-0.2, -0.15) is 0 Å². The maximum Gasteiger partial charge on any atom is 0.159 e. The molecule has 2 aromatic rings. The molecule has 0 spiro atoms. The molecule has 0 atom stereocenters. The molecule has 0 aliphatic carbocycles. The number of fused-ring (bicyclic) bond motifs is 3. The molecule has 16 heavy (non-hydrogen) atoms. The van der Waals surface area contributed by atoms with Crippen LogP contribution in [0, 0.1) is 0 Å². The van der Waals surface area contributed by atoms with Crippen molar-refractivity contribution in [3.05, 3.63) is 30.1 Å². The second-order valence-corrected chi connectivity index (χ2v) is 4.70. The highest BCUT2D eigenvalue weighted by Gasteiger charge is 2.32.